The summed E-state index contributed by atoms with van der Waals surface area (Å²) in [5.74, 6) is 0. The zero-order chi connectivity index (χ0) is 11.4. The highest BCUT2D eigenvalue weighted by atomic mass is 79.9. The Labute approximate surface area is 111 Å². The van der Waals surface area contributed by atoms with Crippen LogP contribution < -0.4 is 5.73 Å². The van der Waals surface area contributed by atoms with Crippen molar-refractivity contribution in [3.8, 4) is 0 Å². The van der Waals surface area contributed by atoms with Gasteiger partial charge in [0, 0.05) is 10.4 Å². The van der Waals surface area contributed by atoms with Crippen LogP contribution in [0, 0.1) is 0 Å². The lowest BCUT2D eigenvalue weighted by atomic mass is 9.82. The summed E-state index contributed by atoms with van der Waals surface area (Å²) in [6.45, 7) is 0. The molecule has 1 nitrogen and oxygen atoms in total. The van der Waals surface area contributed by atoms with E-state index in [9.17, 15) is 0 Å². The average molecular weight is 302 g/mol. The Hall–Kier alpha value is 0.140. The van der Waals surface area contributed by atoms with Gasteiger partial charge in [-0.05, 0) is 47.3 Å². The monoisotopic (exact) mass is 301 g/mol. The van der Waals surface area contributed by atoms with Gasteiger partial charge in [0.2, 0.25) is 0 Å². The maximum Gasteiger partial charge on any atom is 0.0701 e. The summed E-state index contributed by atoms with van der Waals surface area (Å²) in [4.78, 5) is 1.43. The second-order valence-electron chi connectivity index (χ2n) is 5.01. The van der Waals surface area contributed by atoms with Gasteiger partial charge in [-0.2, -0.15) is 0 Å². The largest absolute Gasteiger partial charge is 0.325 e. The van der Waals surface area contributed by atoms with E-state index in [4.69, 9.17) is 5.73 Å². The number of hydrogen-bond acceptors (Lipinski definition) is 2. The van der Waals surface area contributed by atoms with Gasteiger partial charge in [-0.25, -0.2) is 0 Å². The van der Waals surface area contributed by atoms with Gasteiger partial charge < -0.3 is 5.73 Å². The normalized spacial score (nSPS) is 21.4. The molecule has 1 heterocycles. The van der Waals surface area contributed by atoms with Crippen LogP contribution in [0.3, 0.4) is 0 Å². The van der Waals surface area contributed by atoms with Crippen LogP contribution in [-0.4, -0.2) is 5.54 Å². The molecule has 90 valence electrons. The van der Waals surface area contributed by atoms with E-state index in [0.717, 1.165) is 6.42 Å². The SMILES string of the molecule is NC1(Cc2ccc(Br)s2)CCCCCCC1. The number of rotatable bonds is 2. The molecule has 2 N–H and O–H groups in total. The van der Waals surface area contributed by atoms with Crippen LogP contribution in [0.15, 0.2) is 15.9 Å². The molecule has 0 atom stereocenters. The Morgan fingerprint density at radius 3 is 2.31 bits per heavy atom. The van der Waals surface area contributed by atoms with E-state index >= 15 is 0 Å². The zero-order valence-electron chi connectivity index (χ0n) is 9.68. The number of halogens is 1. The van der Waals surface area contributed by atoms with Crippen molar-refractivity contribution in [2.75, 3.05) is 0 Å². The van der Waals surface area contributed by atoms with Crippen LogP contribution >= 0.6 is 27.3 Å². The van der Waals surface area contributed by atoms with Crippen molar-refractivity contribution >= 4 is 27.3 Å². The number of nitrogens with two attached hydrogens (primary N) is 1. The van der Waals surface area contributed by atoms with Gasteiger partial charge in [-0.15, -0.1) is 11.3 Å². The predicted molar refractivity (Wildman–Crippen MR) is 75.0 cm³/mol. The third-order valence-corrected chi connectivity index (χ3v) is 5.13. The van der Waals surface area contributed by atoms with E-state index in [1.54, 1.807) is 0 Å². The lowest BCUT2D eigenvalue weighted by molar-refractivity contribution is 0.316. The van der Waals surface area contributed by atoms with E-state index in [0.29, 0.717) is 0 Å². The maximum absolute atomic E-state index is 6.56. The van der Waals surface area contributed by atoms with Crippen molar-refractivity contribution in [1.82, 2.24) is 0 Å². The van der Waals surface area contributed by atoms with Crippen LogP contribution in [0.1, 0.15) is 49.8 Å². The smallest absolute Gasteiger partial charge is 0.0701 e. The van der Waals surface area contributed by atoms with E-state index in [1.165, 1.54) is 53.6 Å². The molecule has 1 aliphatic rings. The molecule has 1 aromatic heterocycles. The minimum atomic E-state index is 0.0602. The first-order valence-electron chi connectivity index (χ1n) is 6.21. The van der Waals surface area contributed by atoms with Gasteiger partial charge in [-0.1, -0.05) is 32.1 Å². The molecule has 0 bridgehead atoms. The summed E-state index contributed by atoms with van der Waals surface area (Å²) in [6.07, 6.45) is 10.2. The van der Waals surface area contributed by atoms with Gasteiger partial charge >= 0.3 is 0 Å². The average Bonchev–Trinajstić information content (AvgIpc) is 2.59. The molecule has 0 spiro atoms. The van der Waals surface area contributed by atoms with Crippen molar-refractivity contribution < 1.29 is 0 Å². The van der Waals surface area contributed by atoms with Crippen LogP contribution in [0.25, 0.3) is 0 Å². The van der Waals surface area contributed by atoms with Crippen molar-refractivity contribution in [2.24, 2.45) is 5.73 Å². The second kappa shape index (κ2) is 5.65. The van der Waals surface area contributed by atoms with E-state index in [-0.39, 0.29) is 5.54 Å². The third kappa shape index (κ3) is 3.57. The predicted octanol–water partition coefficient (Wildman–Crippen LogP) is 4.49. The molecule has 1 fully saturated rings. The van der Waals surface area contributed by atoms with Gasteiger partial charge in [0.25, 0.3) is 0 Å². The molecule has 0 unspecified atom stereocenters. The van der Waals surface area contributed by atoms with Gasteiger partial charge in [-0.3, -0.25) is 0 Å². The van der Waals surface area contributed by atoms with Gasteiger partial charge in [0.05, 0.1) is 3.79 Å². The fourth-order valence-electron chi connectivity index (χ4n) is 2.58. The molecule has 0 saturated heterocycles. The Bertz CT molecular complexity index is 326. The van der Waals surface area contributed by atoms with E-state index in [1.807, 2.05) is 11.3 Å². The number of hydrogen-bond donors (Lipinski definition) is 1. The lowest BCUT2D eigenvalue weighted by Gasteiger charge is -2.31. The molecule has 1 aromatic rings. The first-order chi connectivity index (χ1) is 7.68. The summed E-state index contributed by atoms with van der Waals surface area (Å²) >= 11 is 5.35. The minimum absolute atomic E-state index is 0.0602. The molecule has 1 aliphatic carbocycles. The molecule has 0 aliphatic heterocycles. The Morgan fingerprint density at radius 2 is 1.75 bits per heavy atom. The fourth-order valence-corrected chi connectivity index (χ4v) is 4.22. The summed E-state index contributed by atoms with van der Waals surface area (Å²) in [7, 11) is 0. The fraction of sp³-hybridized carbons (Fsp3) is 0.692. The van der Waals surface area contributed by atoms with Gasteiger partial charge in [0.1, 0.15) is 0 Å². The highest BCUT2D eigenvalue weighted by Gasteiger charge is 2.26. The molecule has 3 heteroatoms. The first-order valence-corrected chi connectivity index (χ1v) is 7.82. The van der Waals surface area contributed by atoms with Gasteiger partial charge in [0.15, 0.2) is 0 Å². The molecule has 0 aromatic carbocycles. The minimum Gasteiger partial charge on any atom is -0.325 e. The van der Waals surface area contributed by atoms with Crippen molar-refractivity contribution in [3.63, 3.8) is 0 Å². The molecule has 16 heavy (non-hydrogen) atoms. The van der Waals surface area contributed by atoms with Crippen molar-refractivity contribution in [3.05, 3.63) is 20.8 Å². The van der Waals surface area contributed by atoms with Crippen LogP contribution in [-0.2, 0) is 6.42 Å². The van der Waals surface area contributed by atoms with Crippen molar-refractivity contribution in [2.45, 2.75) is 56.9 Å². The summed E-state index contributed by atoms with van der Waals surface area (Å²) in [5.41, 5.74) is 6.62. The summed E-state index contributed by atoms with van der Waals surface area (Å²) in [6, 6.07) is 4.34. The van der Waals surface area contributed by atoms with Crippen LogP contribution in [0.4, 0.5) is 0 Å². The quantitative estimate of drug-likeness (QED) is 0.855. The second-order valence-corrected chi connectivity index (χ2v) is 7.56. The summed E-state index contributed by atoms with van der Waals surface area (Å²) < 4.78 is 1.22. The topological polar surface area (TPSA) is 26.0 Å². The third-order valence-electron chi connectivity index (χ3n) is 3.50. The maximum atomic E-state index is 6.56. The molecule has 0 radical (unpaired) electrons. The molecule has 2 rings (SSSR count). The van der Waals surface area contributed by atoms with E-state index < -0.39 is 0 Å². The highest BCUT2D eigenvalue weighted by molar-refractivity contribution is 9.11. The van der Waals surface area contributed by atoms with Crippen LogP contribution in [0.2, 0.25) is 0 Å². The Morgan fingerprint density at radius 1 is 1.12 bits per heavy atom. The molecular formula is C13H20BrNS. The lowest BCUT2D eigenvalue weighted by Crippen LogP contribution is -2.42. The zero-order valence-corrected chi connectivity index (χ0v) is 12.1. The number of thiophene rings is 1. The Balaban J connectivity index is 1.99. The Kier molecular flexibility index (Phi) is 4.45. The first kappa shape index (κ1) is 12.6. The van der Waals surface area contributed by atoms with Crippen molar-refractivity contribution in [1.29, 1.82) is 0 Å². The molecule has 1 saturated carbocycles. The molecule has 0 amide bonds. The van der Waals surface area contributed by atoms with Crippen LogP contribution in [0.5, 0.6) is 0 Å². The highest BCUT2D eigenvalue weighted by Crippen LogP contribution is 2.31. The summed E-state index contributed by atoms with van der Waals surface area (Å²) in [5, 5.41) is 0. The van der Waals surface area contributed by atoms with E-state index in [2.05, 4.69) is 28.1 Å². The molecular weight excluding hydrogens is 282 g/mol. The standard InChI is InChI=1S/C13H20BrNS/c14-12-7-6-11(16-12)10-13(15)8-4-2-1-3-5-9-13/h6-7H,1-5,8-10,15H2.